The molecule has 1 aliphatic rings. The Morgan fingerprint density at radius 1 is 1.04 bits per heavy atom. The molecule has 0 unspecified atom stereocenters. The van der Waals surface area contributed by atoms with Crippen LogP contribution < -0.4 is 0 Å². The Kier molecular flexibility index (Phi) is 3.78. The van der Waals surface area contributed by atoms with Gasteiger partial charge in [0.15, 0.2) is 5.76 Å². The zero-order chi connectivity index (χ0) is 16.5. The van der Waals surface area contributed by atoms with Crippen LogP contribution in [0.25, 0.3) is 22.2 Å². The largest absolute Gasteiger partial charge is 0.355 e. The van der Waals surface area contributed by atoms with Gasteiger partial charge in [0.05, 0.1) is 5.39 Å². The molecule has 0 N–H and O–H groups in total. The number of likely N-dealkylation sites (N-methyl/N-ethyl adjacent to an activating group) is 1. The summed E-state index contributed by atoms with van der Waals surface area (Å²) in [7, 11) is 2.08. The number of carbonyl (C=O) groups excluding carboxylic acids is 1. The third-order valence-electron chi connectivity index (χ3n) is 4.55. The molecule has 1 amide bonds. The molecule has 0 spiro atoms. The van der Waals surface area contributed by atoms with Crippen molar-refractivity contribution in [3.8, 4) is 11.3 Å². The number of hydrogen-bond donors (Lipinski definition) is 0. The van der Waals surface area contributed by atoms with E-state index < -0.39 is 0 Å². The summed E-state index contributed by atoms with van der Waals surface area (Å²) in [5.74, 6) is 0.781. The van der Waals surface area contributed by atoms with E-state index in [1.165, 1.54) is 0 Å². The lowest BCUT2D eigenvalue weighted by molar-refractivity contribution is 0.0664. The molecule has 5 heteroatoms. The molecular weight excluding hydrogens is 302 g/mol. The van der Waals surface area contributed by atoms with E-state index in [9.17, 15) is 4.79 Å². The number of benzene rings is 2. The van der Waals surface area contributed by atoms with Gasteiger partial charge in [-0.25, -0.2) is 0 Å². The molecule has 0 bridgehead atoms. The van der Waals surface area contributed by atoms with Crippen LogP contribution in [0.2, 0.25) is 0 Å². The molecular formula is C19H19N3O2. The van der Waals surface area contributed by atoms with Gasteiger partial charge >= 0.3 is 0 Å². The average Bonchev–Trinajstić information content (AvgIpc) is 3.05. The smallest absolute Gasteiger partial charge is 0.253 e. The lowest BCUT2D eigenvalue weighted by Crippen LogP contribution is -2.47. The molecule has 5 nitrogen and oxygen atoms in total. The Bertz CT molecular complexity index is 865. The predicted octanol–water partition coefficient (Wildman–Crippen LogP) is 2.88. The summed E-state index contributed by atoms with van der Waals surface area (Å²) < 4.78 is 5.51. The third kappa shape index (κ3) is 2.67. The van der Waals surface area contributed by atoms with Crippen LogP contribution in [-0.2, 0) is 0 Å². The predicted molar refractivity (Wildman–Crippen MR) is 92.8 cm³/mol. The number of piperazine rings is 1. The summed E-state index contributed by atoms with van der Waals surface area (Å²) in [5, 5.41) is 4.99. The molecule has 1 fully saturated rings. The monoisotopic (exact) mass is 321 g/mol. The van der Waals surface area contributed by atoms with Crippen LogP contribution in [-0.4, -0.2) is 54.1 Å². The highest BCUT2D eigenvalue weighted by Gasteiger charge is 2.21. The number of nitrogens with zero attached hydrogens (tertiary/aromatic N) is 3. The Morgan fingerprint density at radius 3 is 2.54 bits per heavy atom. The summed E-state index contributed by atoms with van der Waals surface area (Å²) >= 11 is 0. The number of carbonyl (C=O) groups is 1. The molecule has 0 aliphatic carbocycles. The van der Waals surface area contributed by atoms with Crippen LogP contribution in [0, 0.1) is 0 Å². The Labute approximate surface area is 140 Å². The van der Waals surface area contributed by atoms with Gasteiger partial charge < -0.3 is 14.3 Å². The van der Waals surface area contributed by atoms with Crippen LogP contribution in [0.5, 0.6) is 0 Å². The maximum Gasteiger partial charge on any atom is 0.253 e. The zero-order valence-electron chi connectivity index (χ0n) is 13.6. The van der Waals surface area contributed by atoms with Crippen LogP contribution in [0.15, 0.2) is 53.1 Å². The SMILES string of the molecule is CN1CCN(C(=O)c2ccc3noc(-c4ccccc4)c3c2)CC1. The quantitative estimate of drug-likeness (QED) is 0.728. The highest BCUT2D eigenvalue weighted by molar-refractivity contribution is 6.01. The lowest BCUT2D eigenvalue weighted by atomic mass is 10.1. The first-order valence-corrected chi connectivity index (χ1v) is 8.15. The Hall–Kier alpha value is -2.66. The van der Waals surface area contributed by atoms with E-state index in [0.29, 0.717) is 11.3 Å². The molecule has 2 heterocycles. The van der Waals surface area contributed by atoms with E-state index in [2.05, 4.69) is 17.1 Å². The zero-order valence-corrected chi connectivity index (χ0v) is 13.6. The van der Waals surface area contributed by atoms with Crippen molar-refractivity contribution in [2.75, 3.05) is 33.2 Å². The standard InChI is InChI=1S/C19H19N3O2/c1-21-9-11-22(12-10-21)19(23)15-7-8-17-16(13-15)18(24-20-17)14-5-3-2-4-6-14/h2-8,13H,9-12H2,1H3. The van der Waals surface area contributed by atoms with Crippen LogP contribution >= 0.6 is 0 Å². The average molecular weight is 321 g/mol. The van der Waals surface area contributed by atoms with Crippen molar-refractivity contribution >= 4 is 16.8 Å². The summed E-state index contributed by atoms with van der Waals surface area (Å²) in [6.07, 6.45) is 0. The van der Waals surface area contributed by atoms with Crippen molar-refractivity contribution in [1.82, 2.24) is 15.0 Å². The topological polar surface area (TPSA) is 49.6 Å². The minimum absolute atomic E-state index is 0.0743. The van der Waals surface area contributed by atoms with Crippen LogP contribution in [0.1, 0.15) is 10.4 Å². The normalized spacial score (nSPS) is 15.8. The second-order valence-corrected chi connectivity index (χ2v) is 6.21. The fraction of sp³-hybridized carbons (Fsp3) is 0.263. The van der Waals surface area contributed by atoms with E-state index in [0.717, 1.165) is 42.6 Å². The second-order valence-electron chi connectivity index (χ2n) is 6.21. The van der Waals surface area contributed by atoms with Gasteiger partial charge in [0.25, 0.3) is 5.91 Å². The van der Waals surface area contributed by atoms with Gasteiger partial charge in [0, 0.05) is 37.3 Å². The fourth-order valence-corrected chi connectivity index (χ4v) is 3.06. The van der Waals surface area contributed by atoms with Crippen molar-refractivity contribution < 1.29 is 9.32 Å². The number of amides is 1. The van der Waals surface area contributed by atoms with Gasteiger partial charge in [-0.15, -0.1) is 0 Å². The minimum Gasteiger partial charge on any atom is -0.355 e. The van der Waals surface area contributed by atoms with Gasteiger partial charge in [-0.1, -0.05) is 35.5 Å². The molecule has 1 aliphatic heterocycles. The first-order valence-electron chi connectivity index (χ1n) is 8.15. The maximum absolute atomic E-state index is 12.8. The molecule has 0 atom stereocenters. The number of rotatable bonds is 2. The molecule has 0 saturated carbocycles. The first-order chi connectivity index (χ1) is 11.7. The van der Waals surface area contributed by atoms with E-state index in [4.69, 9.17) is 4.52 Å². The Balaban J connectivity index is 1.69. The van der Waals surface area contributed by atoms with Crippen molar-refractivity contribution in [2.45, 2.75) is 0 Å². The Morgan fingerprint density at radius 2 is 1.79 bits per heavy atom. The molecule has 24 heavy (non-hydrogen) atoms. The summed E-state index contributed by atoms with van der Waals surface area (Å²) in [6, 6.07) is 15.4. The summed E-state index contributed by atoms with van der Waals surface area (Å²) in [5.41, 5.74) is 2.42. The summed E-state index contributed by atoms with van der Waals surface area (Å²) in [4.78, 5) is 16.9. The van der Waals surface area contributed by atoms with Gasteiger partial charge in [0.1, 0.15) is 5.52 Å². The molecule has 1 saturated heterocycles. The van der Waals surface area contributed by atoms with Gasteiger partial charge in [-0.2, -0.15) is 0 Å². The van der Waals surface area contributed by atoms with Gasteiger partial charge in [0.2, 0.25) is 0 Å². The number of hydrogen-bond acceptors (Lipinski definition) is 4. The third-order valence-corrected chi connectivity index (χ3v) is 4.55. The van der Waals surface area contributed by atoms with Gasteiger partial charge in [-0.05, 0) is 25.2 Å². The summed E-state index contributed by atoms with van der Waals surface area (Å²) in [6.45, 7) is 3.36. The minimum atomic E-state index is 0.0743. The molecule has 1 aromatic heterocycles. The number of fused-ring (bicyclic) bond motifs is 1. The van der Waals surface area contributed by atoms with Crippen LogP contribution in [0.3, 0.4) is 0 Å². The van der Waals surface area contributed by atoms with Crippen molar-refractivity contribution in [1.29, 1.82) is 0 Å². The number of aromatic nitrogens is 1. The van der Waals surface area contributed by atoms with Crippen LogP contribution in [0.4, 0.5) is 0 Å². The van der Waals surface area contributed by atoms with Crippen molar-refractivity contribution in [3.05, 3.63) is 54.1 Å². The van der Waals surface area contributed by atoms with E-state index in [1.54, 1.807) is 0 Å². The van der Waals surface area contributed by atoms with E-state index in [1.807, 2.05) is 53.4 Å². The fourth-order valence-electron chi connectivity index (χ4n) is 3.06. The highest BCUT2D eigenvalue weighted by atomic mass is 16.5. The van der Waals surface area contributed by atoms with Gasteiger partial charge in [-0.3, -0.25) is 4.79 Å². The van der Waals surface area contributed by atoms with Crippen molar-refractivity contribution in [2.24, 2.45) is 0 Å². The van der Waals surface area contributed by atoms with E-state index in [-0.39, 0.29) is 5.91 Å². The second kappa shape index (κ2) is 6.09. The first kappa shape index (κ1) is 14.9. The lowest BCUT2D eigenvalue weighted by Gasteiger charge is -2.32. The maximum atomic E-state index is 12.8. The molecule has 4 rings (SSSR count). The molecule has 2 aromatic carbocycles. The molecule has 122 valence electrons. The van der Waals surface area contributed by atoms with E-state index >= 15 is 0 Å². The molecule has 0 radical (unpaired) electrons. The highest BCUT2D eigenvalue weighted by Crippen LogP contribution is 2.29. The molecule has 3 aromatic rings. The van der Waals surface area contributed by atoms with Crippen molar-refractivity contribution in [3.63, 3.8) is 0 Å².